The third kappa shape index (κ3) is 7.52. The van der Waals surface area contributed by atoms with Crippen LogP contribution in [-0.2, 0) is 4.74 Å². The van der Waals surface area contributed by atoms with Crippen molar-refractivity contribution in [2.75, 3.05) is 6.61 Å². The van der Waals surface area contributed by atoms with E-state index >= 15 is 0 Å². The van der Waals surface area contributed by atoms with E-state index in [-0.39, 0.29) is 118 Å². The Morgan fingerprint density at radius 3 is 1.56 bits per heavy atom. The summed E-state index contributed by atoms with van der Waals surface area (Å²) in [6, 6.07) is 0. The normalized spacial score (nSPS) is 36.9. The Bertz CT molecular complexity index is 159. The molecule has 1 aliphatic heterocycles. The van der Waals surface area contributed by atoms with Crippen molar-refractivity contribution in [3.05, 3.63) is 0 Å². The van der Waals surface area contributed by atoms with E-state index in [0.29, 0.717) is 0 Å². The fourth-order valence-corrected chi connectivity index (χ4v) is 1.08. The Kier molecular flexibility index (Phi) is 24.0. The zero-order valence-electron chi connectivity index (χ0n) is 6.24. The van der Waals surface area contributed by atoms with Gasteiger partial charge in [-0.25, -0.2) is 0 Å². The van der Waals surface area contributed by atoms with Gasteiger partial charge in [-0.1, -0.05) is 0 Å². The number of aliphatic hydroxyl groups excluding tert-OH is 5. The predicted molar refractivity (Wildman–Crippen MR) is 64.6 cm³/mol. The fraction of sp³-hybridized carbons (Fsp3) is 1.00. The van der Waals surface area contributed by atoms with Crippen LogP contribution >= 0.6 is 0 Å². The average Bonchev–Trinajstić information content (AvgIpc) is 2.08. The Morgan fingerprint density at radius 1 is 0.750 bits per heavy atom. The molecule has 0 bridgehead atoms. The molecule has 0 saturated carbocycles. The van der Waals surface area contributed by atoms with Gasteiger partial charge in [-0.3, -0.25) is 0 Å². The number of ether oxygens (including phenoxy) is 1. The first kappa shape index (κ1) is 28.0. The molecule has 1 aliphatic rings. The van der Waals surface area contributed by atoms with Gasteiger partial charge in [-0.05, 0) is 0 Å². The Hall–Kier alpha value is 3.76. The molecular formula is C6H16Na4O6. The van der Waals surface area contributed by atoms with Crippen LogP contribution in [0.15, 0.2) is 0 Å². The van der Waals surface area contributed by atoms with Crippen LogP contribution in [0, 0.1) is 0 Å². The number of rotatable bonds is 1. The van der Waals surface area contributed by atoms with Crippen molar-refractivity contribution in [2.24, 2.45) is 0 Å². The summed E-state index contributed by atoms with van der Waals surface area (Å²) in [5.41, 5.74) is 0. The monoisotopic (exact) mass is 276 g/mol. The van der Waals surface area contributed by atoms with Gasteiger partial charge >= 0.3 is 118 Å². The summed E-state index contributed by atoms with van der Waals surface area (Å²) in [5.74, 6) is 0. The number of hydrogen-bond donors (Lipinski definition) is 5. The average molecular weight is 276 g/mol. The minimum absolute atomic E-state index is 0. The van der Waals surface area contributed by atoms with Gasteiger partial charge in [0.2, 0.25) is 0 Å². The molecule has 1 saturated heterocycles. The molecular weight excluding hydrogens is 260 g/mol. The molecule has 5 N–H and O–H groups in total. The molecule has 6 nitrogen and oxygen atoms in total. The standard InChI is InChI=1S/C6H12O6.4Na.4H/c7-1-2-3(8)4(9)5(10)6(11)12-2;;;;;;;;/h2-11H,1H2;;;;;;;;/t2-,3-,4+,5-,6?;;;;;;;;/m1......../s1. The van der Waals surface area contributed by atoms with E-state index in [4.69, 9.17) is 25.5 Å². The molecule has 0 radical (unpaired) electrons. The molecule has 1 rings (SSSR count). The van der Waals surface area contributed by atoms with E-state index in [0.717, 1.165) is 0 Å². The third-order valence-electron chi connectivity index (χ3n) is 1.87. The third-order valence-corrected chi connectivity index (χ3v) is 1.87. The van der Waals surface area contributed by atoms with Crippen LogP contribution in [0.4, 0.5) is 0 Å². The molecule has 0 aromatic rings. The second kappa shape index (κ2) is 13.7. The van der Waals surface area contributed by atoms with Gasteiger partial charge in [-0.15, -0.1) is 0 Å². The van der Waals surface area contributed by atoms with E-state index in [9.17, 15) is 0 Å². The van der Waals surface area contributed by atoms with Crippen LogP contribution < -0.4 is 0 Å². The first-order valence-electron chi connectivity index (χ1n) is 3.56. The van der Waals surface area contributed by atoms with Crippen molar-refractivity contribution in [3.63, 3.8) is 0 Å². The Morgan fingerprint density at radius 2 is 1.19 bits per heavy atom. The second-order valence-electron chi connectivity index (χ2n) is 2.72. The molecule has 80 valence electrons. The molecule has 0 aromatic heterocycles. The molecule has 0 spiro atoms. The fourth-order valence-electron chi connectivity index (χ4n) is 1.08. The first-order chi connectivity index (χ1) is 5.57. The van der Waals surface area contributed by atoms with Crippen LogP contribution in [0.1, 0.15) is 0 Å². The van der Waals surface area contributed by atoms with Gasteiger partial charge in [0.05, 0.1) is 6.61 Å². The Balaban J connectivity index is -0.000000180. The van der Waals surface area contributed by atoms with Gasteiger partial charge in [0.1, 0.15) is 24.4 Å². The zero-order valence-corrected chi connectivity index (χ0v) is 6.24. The van der Waals surface area contributed by atoms with E-state index in [2.05, 4.69) is 4.74 Å². The molecule has 10 heteroatoms. The second-order valence-corrected chi connectivity index (χ2v) is 2.72. The van der Waals surface area contributed by atoms with E-state index in [1.165, 1.54) is 0 Å². The number of aliphatic hydroxyl groups is 5. The van der Waals surface area contributed by atoms with Crippen molar-refractivity contribution in [3.8, 4) is 0 Å². The molecule has 1 heterocycles. The molecule has 16 heavy (non-hydrogen) atoms. The first-order valence-corrected chi connectivity index (χ1v) is 3.56. The zero-order chi connectivity index (χ0) is 9.30. The summed E-state index contributed by atoms with van der Waals surface area (Å²) in [6.45, 7) is -0.526. The topological polar surface area (TPSA) is 110 Å². The van der Waals surface area contributed by atoms with Crippen LogP contribution in [0.5, 0.6) is 0 Å². The van der Waals surface area contributed by atoms with Crippen molar-refractivity contribution in [2.45, 2.75) is 30.7 Å². The van der Waals surface area contributed by atoms with E-state index < -0.39 is 37.3 Å². The van der Waals surface area contributed by atoms with E-state index in [1.807, 2.05) is 0 Å². The molecule has 5 atom stereocenters. The minimum atomic E-state index is -1.57. The molecule has 0 aromatic carbocycles. The van der Waals surface area contributed by atoms with Crippen LogP contribution in [-0.4, -0.2) is 181 Å². The quantitative estimate of drug-likeness (QED) is 0.305. The maximum atomic E-state index is 9.12. The summed E-state index contributed by atoms with van der Waals surface area (Å²) in [4.78, 5) is 0. The SMILES string of the molecule is OC[C@H]1OC(O)[C@H](O)[C@@H](O)[C@@H]1O.[NaH].[NaH].[NaH].[NaH]. The van der Waals surface area contributed by atoms with Gasteiger partial charge in [0.15, 0.2) is 6.29 Å². The summed E-state index contributed by atoms with van der Waals surface area (Å²) in [5, 5.41) is 44.7. The molecule has 1 fully saturated rings. The summed E-state index contributed by atoms with van der Waals surface area (Å²) < 4.78 is 4.58. The maximum absolute atomic E-state index is 9.12. The van der Waals surface area contributed by atoms with Crippen LogP contribution in [0.3, 0.4) is 0 Å². The van der Waals surface area contributed by atoms with Gasteiger partial charge in [-0.2, -0.15) is 0 Å². The number of hydrogen-bond acceptors (Lipinski definition) is 6. The van der Waals surface area contributed by atoms with Crippen LogP contribution in [0.25, 0.3) is 0 Å². The van der Waals surface area contributed by atoms with E-state index in [1.54, 1.807) is 0 Å². The van der Waals surface area contributed by atoms with Gasteiger partial charge in [0.25, 0.3) is 0 Å². The summed E-state index contributed by atoms with van der Waals surface area (Å²) >= 11 is 0. The predicted octanol–water partition coefficient (Wildman–Crippen LogP) is -5.82. The van der Waals surface area contributed by atoms with Crippen molar-refractivity contribution < 1.29 is 30.3 Å². The van der Waals surface area contributed by atoms with Crippen LogP contribution in [0.2, 0.25) is 0 Å². The van der Waals surface area contributed by atoms with Gasteiger partial charge in [0, 0.05) is 0 Å². The van der Waals surface area contributed by atoms with Crippen molar-refractivity contribution in [1.82, 2.24) is 0 Å². The summed E-state index contributed by atoms with van der Waals surface area (Å²) in [6.07, 6.45) is -7.04. The molecule has 0 amide bonds. The van der Waals surface area contributed by atoms with Gasteiger partial charge < -0.3 is 30.3 Å². The Labute approximate surface area is 182 Å². The molecule has 1 unspecified atom stereocenters. The van der Waals surface area contributed by atoms with Crippen molar-refractivity contribution in [1.29, 1.82) is 0 Å². The summed E-state index contributed by atoms with van der Waals surface area (Å²) in [7, 11) is 0. The van der Waals surface area contributed by atoms with Crippen molar-refractivity contribution >= 4 is 118 Å². The molecule has 0 aliphatic carbocycles.